The first-order valence-corrected chi connectivity index (χ1v) is 6.21. The summed E-state index contributed by atoms with van der Waals surface area (Å²) in [6.07, 6.45) is 6.02. The Labute approximate surface area is 91.6 Å². The van der Waals surface area contributed by atoms with E-state index >= 15 is 0 Å². The molecule has 2 aliphatic carbocycles. The van der Waals surface area contributed by atoms with E-state index in [1.807, 2.05) is 6.92 Å². The van der Waals surface area contributed by atoms with Crippen LogP contribution in [0.15, 0.2) is 0 Å². The first-order chi connectivity index (χ1) is 7.31. The molecular weight excluding hydrogens is 190 g/mol. The van der Waals surface area contributed by atoms with Gasteiger partial charge >= 0.3 is 5.97 Å². The summed E-state index contributed by atoms with van der Waals surface area (Å²) in [7, 11) is 0. The Bertz CT molecular complexity index is 226. The molecule has 3 heteroatoms. The van der Waals surface area contributed by atoms with Crippen molar-refractivity contribution < 1.29 is 9.53 Å². The average Bonchev–Trinajstić information content (AvgIpc) is 2.93. The summed E-state index contributed by atoms with van der Waals surface area (Å²) in [6.45, 7) is 3.48. The molecule has 0 radical (unpaired) electrons. The minimum absolute atomic E-state index is 0.00305. The maximum Gasteiger partial charge on any atom is 0.310 e. The van der Waals surface area contributed by atoms with E-state index < -0.39 is 0 Å². The Kier molecular flexibility index (Phi) is 3.62. The summed E-state index contributed by atoms with van der Waals surface area (Å²) >= 11 is 0. The number of hydrogen-bond acceptors (Lipinski definition) is 3. The number of carbonyl (C=O) groups excluding carboxylic acids is 1. The smallest absolute Gasteiger partial charge is 0.310 e. The number of carbonyl (C=O) groups is 1. The topological polar surface area (TPSA) is 38.3 Å². The van der Waals surface area contributed by atoms with Gasteiger partial charge in [0.1, 0.15) is 0 Å². The molecule has 0 aliphatic heterocycles. The van der Waals surface area contributed by atoms with Gasteiger partial charge in [-0.05, 0) is 45.1 Å². The van der Waals surface area contributed by atoms with Gasteiger partial charge < -0.3 is 10.1 Å². The lowest BCUT2D eigenvalue weighted by Gasteiger charge is -2.19. The van der Waals surface area contributed by atoms with Crippen LogP contribution in [0.25, 0.3) is 0 Å². The molecule has 1 N–H and O–H groups in total. The molecule has 2 aliphatic rings. The molecule has 2 fully saturated rings. The van der Waals surface area contributed by atoms with Crippen molar-refractivity contribution in [3.63, 3.8) is 0 Å². The summed E-state index contributed by atoms with van der Waals surface area (Å²) < 4.78 is 5.10. The van der Waals surface area contributed by atoms with Gasteiger partial charge in [0.25, 0.3) is 0 Å². The predicted molar refractivity (Wildman–Crippen MR) is 58.5 cm³/mol. The third-order valence-electron chi connectivity index (χ3n) is 3.47. The van der Waals surface area contributed by atoms with Crippen molar-refractivity contribution >= 4 is 5.97 Å². The van der Waals surface area contributed by atoms with E-state index in [-0.39, 0.29) is 11.9 Å². The van der Waals surface area contributed by atoms with Gasteiger partial charge in [0.2, 0.25) is 0 Å². The molecule has 0 saturated heterocycles. The molecule has 0 unspecified atom stereocenters. The summed E-state index contributed by atoms with van der Waals surface area (Å²) in [6, 6.07) is 0.379. The zero-order valence-corrected chi connectivity index (χ0v) is 9.50. The van der Waals surface area contributed by atoms with E-state index in [2.05, 4.69) is 5.32 Å². The van der Waals surface area contributed by atoms with E-state index in [0.29, 0.717) is 12.6 Å². The Hall–Kier alpha value is -0.570. The van der Waals surface area contributed by atoms with Crippen LogP contribution in [0.1, 0.15) is 39.0 Å². The highest BCUT2D eigenvalue weighted by atomic mass is 16.5. The van der Waals surface area contributed by atoms with Crippen LogP contribution >= 0.6 is 0 Å². The second kappa shape index (κ2) is 4.97. The lowest BCUT2D eigenvalue weighted by atomic mass is 10.0. The van der Waals surface area contributed by atoms with Gasteiger partial charge in [-0.1, -0.05) is 6.42 Å². The molecule has 0 heterocycles. The Morgan fingerprint density at radius 1 is 1.33 bits per heavy atom. The fraction of sp³-hybridized carbons (Fsp3) is 0.917. The SMILES string of the molecule is CCOC(=O)[C@@H]1CCC[C@@H]1NCC1CC1. The molecule has 0 amide bonds. The van der Waals surface area contributed by atoms with Gasteiger partial charge in [-0.25, -0.2) is 0 Å². The molecular formula is C12H21NO2. The molecule has 3 nitrogen and oxygen atoms in total. The molecule has 2 atom stereocenters. The lowest BCUT2D eigenvalue weighted by Crippen LogP contribution is -2.38. The number of hydrogen-bond donors (Lipinski definition) is 1. The molecule has 0 bridgehead atoms. The summed E-state index contributed by atoms with van der Waals surface area (Å²) in [5, 5.41) is 3.53. The highest BCUT2D eigenvalue weighted by molar-refractivity contribution is 5.73. The first-order valence-electron chi connectivity index (χ1n) is 6.21. The third-order valence-corrected chi connectivity index (χ3v) is 3.47. The van der Waals surface area contributed by atoms with Gasteiger partial charge in [-0.15, -0.1) is 0 Å². The van der Waals surface area contributed by atoms with E-state index in [0.717, 1.165) is 31.7 Å². The van der Waals surface area contributed by atoms with Crippen LogP contribution in [0.4, 0.5) is 0 Å². The molecule has 0 spiro atoms. The molecule has 0 aromatic heterocycles. The monoisotopic (exact) mass is 211 g/mol. The van der Waals surface area contributed by atoms with E-state index in [1.54, 1.807) is 0 Å². The van der Waals surface area contributed by atoms with Crippen LogP contribution in [0.2, 0.25) is 0 Å². The van der Waals surface area contributed by atoms with Gasteiger partial charge in [0.15, 0.2) is 0 Å². The molecule has 2 rings (SSSR count). The Morgan fingerprint density at radius 3 is 2.80 bits per heavy atom. The van der Waals surface area contributed by atoms with Gasteiger partial charge in [-0.2, -0.15) is 0 Å². The zero-order chi connectivity index (χ0) is 10.7. The standard InChI is InChI=1S/C12H21NO2/c1-2-15-12(14)10-4-3-5-11(10)13-8-9-6-7-9/h9-11,13H,2-8H2,1H3/t10-,11+/m1/s1. The molecule has 0 aromatic carbocycles. The largest absolute Gasteiger partial charge is 0.466 e. The van der Waals surface area contributed by atoms with E-state index in [1.165, 1.54) is 12.8 Å². The first kappa shape index (κ1) is 10.9. The van der Waals surface area contributed by atoms with Crippen molar-refractivity contribution in [3.8, 4) is 0 Å². The summed E-state index contributed by atoms with van der Waals surface area (Å²) in [4.78, 5) is 11.7. The van der Waals surface area contributed by atoms with Crippen LogP contribution < -0.4 is 5.32 Å². The summed E-state index contributed by atoms with van der Waals surface area (Å²) in [5.74, 6) is 1.00. The minimum atomic E-state index is 0.00305. The van der Waals surface area contributed by atoms with Crippen molar-refractivity contribution in [2.75, 3.05) is 13.2 Å². The normalized spacial score (nSPS) is 30.5. The molecule has 15 heavy (non-hydrogen) atoms. The average molecular weight is 211 g/mol. The van der Waals surface area contributed by atoms with Crippen molar-refractivity contribution in [3.05, 3.63) is 0 Å². The predicted octanol–water partition coefficient (Wildman–Crippen LogP) is 1.72. The van der Waals surface area contributed by atoms with Crippen LogP contribution in [0, 0.1) is 11.8 Å². The molecule has 0 aromatic rings. The van der Waals surface area contributed by atoms with Gasteiger partial charge in [-0.3, -0.25) is 4.79 Å². The van der Waals surface area contributed by atoms with Gasteiger partial charge in [0, 0.05) is 6.04 Å². The van der Waals surface area contributed by atoms with Crippen molar-refractivity contribution in [2.24, 2.45) is 11.8 Å². The van der Waals surface area contributed by atoms with Crippen LogP contribution in [-0.2, 0) is 9.53 Å². The summed E-state index contributed by atoms with van der Waals surface area (Å²) in [5.41, 5.74) is 0. The Morgan fingerprint density at radius 2 is 2.13 bits per heavy atom. The maximum absolute atomic E-state index is 11.7. The molecule has 2 saturated carbocycles. The number of nitrogens with one attached hydrogen (secondary N) is 1. The number of rotatable bonds is 5. The minimum Gasteiger partial charge on any atom is -0.466 e. The number of esters is 1. The van der Waals surface area contributed by atoms with Crippen LogP contribution in [0.5, 0.6) is 0 Å². The van der Waals surface area contributed by atoms with Gasteiger partial charge in [0.05, 0.1) is 12.5 Å². The lowest BCUT2D eigenvalue weighted by molar-refractivity contribution is -0.148. The number of ether oxygens (including phenoxy) is 1. The van der Waals surface area contributed by atoms with E-state index in [9.17, 15) is 4.79 Å². The fourth-order valence-corrected chi connectivity index (χ4v) is 2.38. The van der Waals surface area contributed by atoms with Crippen molar-refractivity contribution in [2.45, 2.75) is 45.1 Å². The second-order valence-electron chi connectivity index (χ2n) is 4.75. The third kappa shape index (κ3) is 2.94. The van der Waals surface area contributed by atoms with Crippen molar-refractivity contribution in [1.82, 2.24) is 5.32 Å². The van der Waals surface area contributed by atoms with E-state index in [4.69, 9.17) is 4.74 Å². The maximum atomic E-state index is 11.7. The van der Waals surface area contributed by atoms with Crippen LogP contribution in [-0.4, -0.2) is 25.2 Å². The fourth-order valence-electron chi connectivity index (χ4n) is 2.38. The van der Waals surface area contributed by atoms with Crippen LogP contribution in [0.3, 0.4) is 0 Å². The molecule has 86 valence electrons. The highest BCUT2D eigenvalue weighted by Gasteiger charge is 2.34. The Balaban J connectivity index is 1.77. The highest BCUT2D eigenvalue weighted by Crippen LogP contribution is 2.31. The zero-order valence-electron chi connectivity index (χ0n) is 9.50. The van der Waals surface area contributed by atoms with Crippen molar-refractivity contribution in [1.29, 1.82) is 0 Å². The quantitative estimate of drug-likeness (QED) is 0.704. The second-order valence-corrected chi connectivity index (χ2v) is 4.75.